The Hall–Kier alpha value is -3.84. The van der Waals surface area contributed by atoms with Crippen LogP contribution in [0.15, 0.2) is 30.6 Å². The van der Waals surface area contributed by atoms with E-state index in [2.05, 4.69) is 29.7 Å². The molecule has 1 aliphatic heterocycles. The summed E-state index contributed by atoms with van der Waals surface area (Å²) in [6.07, 6.45) is 5.91. The van der Waals surface area contributed by atoms with E-state index in [4.69, 9.17) is 14.7 Å². The molecule has 3 aliphatic rings. The fourth-order valence-electron chi connectivity index (χ4n) is 7.04. The molecule has 7 rings (SSSR count). The smallest absolute Gasteiger partial charge is 0.393 e. The molecule has 4 aromatic rings. The lowest BCUT2D eigenvalue weighted by Gasteiger charge is -2.34. The van der Waals surface area contributed by atoms with Crippen LogP contribution in [0.4, 0.5) is 24.7 Å². The summed E-state index contributed by atoms with van der Waals surface area (Å²) in [4.78, 5) is 30.5. The number of rotatable bonds is 9. The van der Waals surface area contributed by atoms with E-state index in [0.29, 0.717) is 78.7 Å². The number of aromatic nitrogens is 6. The first-order valence-electron chi connectivity index (χ1n) is 16.1. The van der Waals surface area contributed by atoms with Gasteiger partial charge >= 0.3 is 6.18 Å². The summed E-state index contributed by atoms with van der Waals surface area (Å²) < 4.78 is 47.5. The van der Waals surface area contributed by atoms with Gasteiger partial charge in [0.2, 0.25) is 0 Å². The summed E-state index contributed by atoms with van der Waals surface area (Å²) in [7, 11) is 3.73. The molecule has 1 saturated heterocycles. The number of aliphatic hydroxyl groups is 1. The van der Waals surface area contributed by atoms with Crippen molar-refractivity contribution in [2.45, 2.75) is 69.6 Å². The van der Waals surface area contributed by atoms with Crippen LogP contribution in [0.3, 0.4) is 0 Å². The number of pyridine rings is 2. The highest BCUT2D eigenvalue weighted by Gasteiger charge is 2.37. The second kappa shape index (κ2) is 12.1. The van der Waals surface area contributed by atoms with Crippen LogP contribution in [-0.4, -0.2) is 81.5 Å². The summed E-state index contributed by atoms with van der Waals surface area (Å²) in [5, 5.41) is 9.86. The molecule has 10 nitrogen and oxygen atoms in total. The average Bonchev–Trinajstić information content (AvgIpc) is 3.65. The molecule has 46 heavy (non-hydrogen) atoms. The van der Waals surface area contributed by atoms with Gasteiger partial charge in [-0.2, -0.15) is 13.2 Å². The minimum Gasteiger partial charge on any atom is -0.393 e. The van der Waals surface area contributed by atoms with E-state index in [0.717, 1.165) is 56.1 Å². The van der Waals surface area contributed by atoms with E-state index in [-0.39, 0.29) is 17.4 Å². The normalized spacial score (nSPS) is 18.9. The fourth-order valence-corrected chi connectivity index (χ4v) is 7.04. The van der Waals surface area contributed by atoms with E-state index in [1.165, 1.54) is 0 Å². The number of halogens is 3. The third kappa shape index (κ3) is 6.26. The van der Waals surface area contributed by atoms with Gasteiger partial charge in [0.15, 0.2) is 11.5 Å². The Morgan fingerprint density at radius 3 is 2.41 bits per heavy atom. The first-order chi connectivity index (χ1) is 22.1. The number of methoxy groups -OCH3 is 1. The highest BCUT2D eigenvalue weighted by Crippen LogP contribution is 2.44. The first-order valence-corrected chi connectivity index (χ1v) is 16.1. The van der Waals surface area contributed by atoms with Crippen molar-refractivity contribution in [2.75, 3.05) is 50.2 Å². The van der Waals surface area contributed by atoms with Crippen molar-refractivity contribution < 1.29 is 23.0 Å². The largest absolute Gasteiger partial charge is 0.433 e. The van der Waals surface area contributed by atoms with Gasteiger partial charge in [0.25, 0.3) is 0 Å². The highest BCUT2D eigenvalue weighted by molar-refractivity contribution is 5.91. The Bertz CT molecular complexity index is 1690. The minimum atomic E-state index is -4.57. The van der Waals surface area contributed by atoms with E-state index in [9.17, 15) is 18.3 Å². The van der Waals surface area contributed by atoms with Crippen LogP contribution in [0.5, 0.6) is 0 Å². The van der Waals surface area contributed by atoms with E-state index < -0.39 is 11.9 Å². The lowest BCUT2D eigenvalue weighted by Crippen LogP contribution is -2.37. The molecular weight excluding hydrogens is 597 g/mol. The molecule has 2 N–H and O–H groups in total. The van der Waals surface area contributed by atoms with Gasteiger partial charge in [0, 0.05) is 56.4 Å². The molecule has 0 bridgehead atoms. The fraction of sp³-hybridized carbons (Fsp3) is 0.545. The zero-order valence-corrected chi connectivity index (χ0v) is 26.1. The van der Waals surface area contributed by atoms with Gasteiger partial charge in [-0.05, 0) is 56.7 Å². The number of imidazole rings is 1. The number of H-pyrrole nitrogens is 1. The standard InChI is InChI=1S/C33H39F3N8O2/c1-43(18-32(19-46-2)9-3-4-10-32)26-15-24(21-13-23(20-5-6-20)39-27(14-21)33(34,35)36)40-31-29(26)41-30(42-31)25-16-38-28(17-37-25)44-11-7-22(45)8-12-44/h13-17,20,22,45H,3-12,18-19H2,1-2H3,(H,40,41,42). The van der Waals surface area contributed by atoms with Crippen LogP contribution in [0.2, 0.25) is 0 Å². The third-order valence-electron chi connectivity index (χ3n) is 9.64. The molecule has 5 heterocycles. The number of anilines is 2. The van der Waals surface area contributed by atoms with Crippen molar-refractivity contribution in [2.24, 2.45) is 5.41 Å². The molecule has 0 aromatic carbocycles. The summed E-state index contributed by atoms with van der Waals surface area (Å²) >= 11 is 0. The van der Waals surface area contributed by atoms with Crippen LogP contribution in [0.1, 0.15) is 68.7 Å². The number of piperidine rings is 1. The number of nitrogens with zero attached hydrogens (tertiary/aromatic N) is 7. The van der Waals surface area contributed by atoms with E-state index in [1.54, 1.807) is 25.6 Å². The lowest BCUT2D eigenvalue weighted by molar-refractivity contribution is -0.141. The maximum atomic E-state index is 14.0. The van der Waals surface area contributed by atoms with Crippen LogP contribution < -0.4 is 9.80 Å². The minimum absolute atomic E-state index is 0.0207. The maximum Gasteiger partial charge on any atom is 0.433 e. The van der Waals surface area contributed by atoms with E-state index in [1.807, 2.05) is 13.1 Å². The second-order valence-electron chi connectivity index (χ2n) is 13.2. The quantitative estimate of drug-likeness (QED) is 0.229. The number of fused-ring (bicyclic) bond motifs is 1. The van der Waals surface area contributed by atoms with Gasteiger partial charge in [-0.25, -0.2) is 24.9 Å². The zero-order valence-electron chi connectivity index (χ0n) is 26.1. The molecule has 0 unspecified atom stereocenters. The number of nitrogens with one attached hydrogen (secondary N) is 1. The lowest BCUT2D eigenvalue weighted by atomic mass is 9.86. The van der Waals surface area contributed by atoms with Crippen LogP contribution in [0, 0.1) is 5.41 Å². The molecule has 2 aliphatic carbocycles. The summed E-state index contributed by atoms with van der Waals surface area (Å²) in [6.45, 7) is 2.76. The van der Waals surface area contributed by atoms with Crippen molar-refractivity contribution in [1.29, 1.82) is 0 Å². The number of aromatic amines is 1. The van der Waals surface area contributed by atoms with Crippen molar-refractivity contribution in [3.63, 3.8) is 0 Å². The highest BCUT2D eigenvalue weighted by atomic mass is 19.4. The Kier molecular flexibility index (Phi) is 8.08. The Labute approximate surface area is 265 Å². The van der Waals surface area contributed by atoms with E-state index >= 15 is 0 Å². The number of aliphatic hydroxyl groups excluding tert-OH is 1. The molecule has 2 saturated carbocycles. The Morgan fingerprint density at radius 2 is 1.76 bits per heavy atom. The Balaban J connectivity index is 1.29. The number of hydrogen-bond acceptors (Lipinski definition) is 9. The average molecular weight is 637 g/mol. The molecule has 0 amide bonds. The molecule has 13 heteroatoms. The third-order valence-corrected chi connectivity index (χ3v) is 9.64. The number of hydrogen-bond donors (Lipinski definition) is 2. The molecule has 3 fully saturated rings. The van der Waals surface area contributed by atoms with Gasteiger partial charge in [-0.1, -0.05) is 12.8 Å². The first kappa shape index (κ1) is 30.8. The molecule has 0 atom stereocenters. The molecule has 4 aromatic heterocycles. The summed E-state index contributed by atoms with van der Waals surface area (Å²) in [6, 6.07) is 4.68. The van der Waals surface area contributed by atoms with Gasteiger partial charge in [-0.3, -0.25) is 0 Å². The molecule has 244 valence electrons. The van der Waals surface area contributed by atoms with Gasteiger partial charge in [-0.15, -0.1) is 0 Å². The van der Waals surface area contributed by atoms with Gasteiger partial charge in [0.05, 0.1) is 36.5 Å². The summed E-state index contributed by atoms with van der Waals surface area (Å²) in [5.74, 6) is 1.24. The van der Waals surface area contributed by atoms with Crippen molar-refractivity contribution in [1.82, 2.24) is 29.9 Å². The maximum absolute atomic E-state index is 14.0. The summed E-state index contributed by atoms with van der Waals surface area (Å²) in [5.41, 5.74) is 2.68. The monoisotopic (exact) mass is 636 g/mol. The van der Waals surface area contributed by atoms with Crippen LogP contribution in [-0.2, 0) is 10.9 Å². The van der Waals surface area contributed by atoms with Gasteiger partial charge < -0.3 is 24.6 Å². The van der Waals surface area contributed by atoms with Crippen LogP contribution in [0.25, 0.3) is 33.9 Å². The number of ether oxygens (including phenoxy) is 1. The predicted molar refractivity (Wildman–Crippen MR) is 169 cm³/mol. The van der Waals surface area contributed by atoms with Crippen molar-refractivity contribution in [3.8, 4) is 22.8 Å². The van der Waals surface area contributed by atoms with Gasteiger partial charge in [0.1, 0.15) is 22.7 Å². The van der Waals surface area contributed by atoms with Crippen LogP contribution >= 0.6 is 0 Å². The predicted octanol–water partition coefficient (Wildman–Crippen LogP) is 5.98. The second-order valence-corrected chi connectivity index (χ2v) is 13.2. The van der Waals surface area contributed by atoms with Crippen molar-refractivity contribution in [3.05, 3.63) is 42.0 Å². The van der Waals surface area contributed by atoms with Crippen molar-refractivity contribution >= 4 is 22.7 Å². The topological polar surface area (TPSA) is 116 Å². The molecular formula is C33H39F3N8O2. The SMILES string of the molecule is COCC1(CN(C)c2cc(-c3cc(C4CC4)nc(C(F)(F)F)c3)nc3nc(-c4cnc(N5CCC(O)CC5)cn4)[nH]c23)CCCC1. The number of alkyl halides is 3. The molecule has 0 radical (unpaired) electrons. The molecule has 0 spiro atoms. The zero-order chi connectivity index (χ0) is 32.1. The Morgan fingerprint density at radius 1 is 1.00 bits per heavy atom.